The molecule has 0 aliphatic rings. The molecule has 0 aromatic heterocycles. The standard InChI is InChI=1S/C4H4F4O2P2/c5-11(6)9-3-1-2-4-10-12(7)8/h3-4H2. The first-order valence-corrected chi connectivity index (χ1v) is 4.66. The second-order valence-corrected chi connectivity index (χ2v) is 2.63. The van der Waals surface area contributed by atoms with Gasteiger partial charge in [-0.25, -0.2) is 0 Å². The molecule has 0 aliphatic heterocycles. The summed E-state index contributed by atoms with van der Waals surface area (Å²) in [6.07, 6.45) is 0. The van der Waals surface area contributed by atoms with Crippen molar-refractivity contribution in [2.75, 3.05) is 13.2 Å². The highest BCUT2D eigenvalue weighted by atomic mass is 31.2. The maximum Gasteiger partial charge on any atom is 0.416 e. The average Bonchev–Trinajstić information content (AvgIpc) is 1.95. The summed E-state index contributed by atoms with van der Waals surface area (Å²) < 4.78 is 52.7. The third-order valence-corrected chi connectivity index (χ3v) is 1.24. The molecule has 12 heavy (non-hydrogen) atoms. The van der Waals surface area contributed by atoms with E-state index in [2.05, 4.69) is 20.9 Å². The number of rotatable bonds is 4. The summed E-state index contributed by atoms with van der Waals surface area (Å²) in [6, 6.07) is 0. The van der Waals surface area contributed by atoms with Crippen LogP contribution in [0.1, 0.15) is 0 Å². The van der Waals surface area contributed by atoms with E-state index in [1.807, 2.05) is 0 Å². The van der Waals surface area contributed by atoms with E-state index in [1.165, 1.54) is 0 Å². The molecule has 0 atom stereocenters. The molecule has 0 spiro atoms. The van der Waals surface area contributed by atoms with Gasteiger partial charge in [-0.3, -0.25) is 9.05 Å². The lowest BCUT2D eigenvalue weighted by Crippen LogP contribution is -1.83. The van der Waals surface area contributed by atoms with Crippen LogP contribution in [0.25, 0.3) is 0 Å². The summed E-state index contributed by atoms with van der Waals surface area (Å²) in [5, 5.41) is 0. The van der Waals surface area contributed by atoms with Gasteiger partial charge in [0.1, 0.15) is 13.2 Å². The van der Waals surface area contributed by atoms with Crippen LogP contribution in [0.15, 0.2) is 0 Å². The average molecular weight is 222 g/mol. The fourth-order valence-corrected chi connectivity index (χ4v) is 0.588. The minimum absolute atomic E-state index is 0.460. The molecule has 0 amide bonds. The van der Waals surface area contributed by atoms with Crippen molar-refractivity contribution in [3.63, 3.8) is 0 Å². The van der Waals surface area contributed by atoms with E-state index in [0.717, 1.165) is 0 Å². The van der Waals surface area contributed by atoms with Gasteiger partial charge in [0.05, 0.1) is 0 Å². The van der Waals surface area contributed by atoms with Crippen LogP contribution >= 0.6 is 17.5 Å². The fourth-order valence-electron chi connectivity index (χ4n) is 0.264. The monoisotopic (exact) mass is 222 g/mol. The Labute approximate surface area is 69.4 Å². The molecule has 0 fully saturated rings. The van der Waals surface area contributed by atoms with Gasteiger partial charge in [0.15, 0.2) is 0 Å². The summed E-state index contributed by atoms with van der Waals surface area (Å²) in [5.41, 5.74) is 0. The summed E-state index contributed by atoms with van der Waals surface area (Å²) in [7, 11) is -6.84. The van der Waals surface area contributed by atoms with Crippen LogP contribution in [0.2, 0.25) is 0 Å². The van der Waals surface area contributed by atoms with Crippen molar-refractivity contribution in [3.05, 3.63) is 0 Å². The molecule has 8 heteroatoms. The lowest BCUT2D eigenvalue weighted by atomic mass is 10.6. The van der Waals surface area contributed by atoms with Crippen molar-refractivity contribution < 1.29 is 25.8 Å². The maximum absolute atomic E-state index is 11.3. The first-order chi connectivity index (χ1) is 5.63. The van der Waals surface area contributed by atoms with E-state index < -0.39 is 30.8 Å². The molecule has 2 nitrogen and oxygen atoms in total. The van der Waals surface area contributed by atoms with Crippen molar-refractivity contribution in [2.24, 2.45) is 0 Å². The highest BCUT2D eigenvalue weighted by Crippen LogP contribution is 2.39. The van der Waals surface area contributed by atoms with Gasteiger partial charge in [-0.2, -0.15) is 16.8 Å². The van der Waals surface area contributed by atoms with Gasteiger partial charge in [0.2, 0.25) is 0 Å². The predicted molar refractivity (Wildman–Crippen MR) is 38.0 cm³/mol. The Kier molecular flexibility index (Phi) is 7.73. The van der Waals surface area contributed by atoms with E-state index >= 15 is 0 Å². The second kappa shape index (κ2) is 7.70. The number of halogens is 4. The molecule has 70 valence electrons. The number of hydrogen-bond donors (Lipinski definition) is 0. The van der Waals surface area contributed by atoms with Crippen molar-refractivity contribution in [3.8, 4) is 11.8 Å². The largest absolute Gasteiger partial charge is 0.416 e. The number of hydrogen-bond acceptors (Lipinski definition) is 2. The van der Waals surface area contributed by atoms with Gasteiger partial charge in [0.25, 0.3) is 0 Å². The summed E-state index contributed by atoms with van der Waals surface area (Å²) in [4.78, 5) is 0. The van der Waals surface area contributed by atoms with E-state index in [9.17, 15) is 16.8 Å². The highest BCUT2D eigenvalue weighted by Gasteiger charge is 2.02. The molecule has 0 saturated carbocycles. The van der Waals surface area contributed by atoms with Crippen molar-refractivity contribution in [1.82, 2.24) is 0 Å². The molecular weight excluding hydrogens is 218 g/mol. The van der Waals surface area contributed by atoms with Crippen LogP contribution in [0.5, 0.6) is 0 Å². The van der Waals surface area contributed by atoms with Crippen molar-refractivity contribution >= 4 is 17.5 Å². The molecule has 0 N–H and O–H groups in total. The Hall–Kier alpha value is 0.0600. The Balaban J connectivity index is 3.23. The lowest BCUT2D eigenvalue weighted by Gasteiger charge is -1.92. The molecule has 0 unspecified atom stereocenters. The van der Waals surface area contributed by atoms with E-state index in [0.29, 0.717) is 0 Å². The minimum Gasteiger partial charge on any atom is -0.293 e. The van der Waals surface area contributed by atoms with Crippen molar-refractivity contribution in [1.29, 1.82) is 0 Å². The predicted octanol–water partition coefficient (Wildman–Crippen LogP) is 3.35. The van der Waals surface area contributed by atoms with E-state index in [1.54, 1.807) is 0 Å². The van der Waals surface area contributed by atoms with Gasteiger partial charge in [-0.15, -0.1) is 0 Å². The fraction of sp³-hybridized carbons (Fsp3) is 0.500. The summed E-state index contributed by atoms with van der Waals surface area (Å²) >= 11 is 0. The van der Waals surface area contributed by atoms with E-state index in [4.69, 9.17) is 0 Å². The Morgan fingerprint density at radius 2 is 1.17 bits per heavy atom. The van der Waals surface area contributed by atoms with Gasteiger partial charge < -0.3 is 0 Å². The molecule has 0 aromatic rings. The van der Waals surface area contributed by atoms with Crippen LogP contribution in [0, 0.1) is 11.8 Å². The highest BCUT2D eigenvalue weighted by molar-refractivity contribution is 7.40. The lowest BCUT2D eigenvalue weighted by molar-refractivity contribution is 0.348. The minimum atomic E-state index is -3.42. The third kappa shape index (κ3) is 10.1. The molecule has 0 heterocycles. The maximum atomic E-state index is 11.3. The molecule has 0 rings (SSSR count). The first kappa shape index (κ1) is 12.1. The normalized spacial score (nSPS) is 10.2. The molecule has 0 bridgehead atoms. The topological polar surface area (TPSA) is 18.5 Å². The van der Waals surface area contributed by atoms with Crippen LogP contribution < -0.4 is 0 Å². The quantitative estimate of drug-likeness (QED) is 0.412. The van der Waals surface area contributed by atoms with Crippen LogP contribution in [-0.4, -0.2) is 13.2 Å². The molecule has 0 saturated heterocycles. The Morgan fingerprint density at radius 3 is 1.42 bits per heavy atom. The SMILES string of the molecule is FP(F)OCC#CCOP(F)F. The van der Waals surface area contributed by atoms with Gasteiger partial charge in [-0.05, 0) is 0 Å². The van der Waals surface area contributed by atoms with Crippen LogP contribution in [0.3, 0.4) is 0 Å². The molecular formula is C4H4F4O2P2. The summed E-state index contributed by atoms with van der Waals surface area (Å²) in [5.74, 6) is 4.18. The second-order valence-electron chi connectivity index (χ2n) is 1.30. The summed E-state index contributed by atoms with van der Waals surface area (Å²) in [6.45, 7) is -0.920. The Bertz CT molecular complexity index is 150. The van der Waals surface area contributed by atoms with Gasteiger partial charge in [-0.1, -0.05) is 11.8 Å². The molecule has 0 aliphatic carbocycles. The smallest absolute Gasteiger partial charge is 0.293 e. The zero-order chi connectivity index (χ0) is 9.40. The first-order valence-electron chi connectivity index (χ1n) is 2.58. The molecule has 0 aromatic carbocycles. The molecule has 0 radical (unpaired) electrons. The van der Waals surface area contributed by atoms with E-state index in [-0.39, 0.29) is 0 Å². The van der Waals surface area contributed by atoms with Crippen molar-refractivity contribution in [2.45, 2.75) is 0 Å². The van der Waals surface area contributed by atoms with Gasteiger partial charge >= 0.3 is 17.5 Å². The van der Waals surface area contributed by atoms with Crippen LogP contribution in [-0.2, 0) is 9.05 Å². The third-order valence-electron chi connectivity index (χ3n) is 0.594. The zero-order valence-electron chi connectivity index (χ0n) is 5.64. The zero-order valence-corrected chi connectivity index (χ0v) is 7.43. The van der Waals surface area contributed by atoms with Gasteiger partial charge in [0, 0.05) is 0 Å². The van der Waals surface area contributed by atoms with Crippen LogP contribution in [0.4, 0.5) is 16.8 Å². The Morgan fingerprint density at radius 1 is 0.833 bits per heavy atom.